The summed E-state index contributed by atoms with van der Waals surface area (Å²) < 4.78 is 26.2. The number of ketones is 2. The van der Waals surface area contributed by atoms with Crippen LogP contribution < -0.4 is 23.7 Å². The molecule has 0 N–H and O–H groups in total. The molecule has 0 spiro atoms. The number of ether oxygens (including phenoxy) is 5. The summed E-state index contributed by atoms with van der Waals surface area (Å²) in [6.45, 7) is 3.53. The SMILES string of the molecule is C=CCOc1c(OC)cc(C(=O)CCC(=O)c2cc(OC)c(OC)c(OC)c2)cc1[N+](=O)[O-]. The van der Waals surface area contributed by atoms with Gasteiger partial charge in [0.15, 0.2) is 28.8 Å². The van der Waals surface area contributed by atoms with Gasteiger partial charge in [-0.2, -0.15) is 0 Å². The van der Waals surface area contributed by atoms with Crippen LogP contribution in [0.3, 0.4) is 0 Å². The van der Waals surface area contributed by atoms with Crippen molar-refractivity contribution in [1.29, 1.82) is 0 Å². The fourth-order valence-electron chi connectivity index (χ4n) is 3.08. The molecule has 10 nitrogen and oxygen atoms in total. The Morgan fingerprint density at radius 3 is 1.70 bits per heavy atom. The molecule has 0 aliphatic heterocycles. The van der Waals surface area contributed by atoms with Crippen molar-refractivity contribution in [2.45, 2.75) is 12.8 Å². The fourth-order valence-corrected chi connectivity index (χ4v) is 3.08. The second-order valence-corrected chi connectivity index (χ2v) is 6.64. The molecule has 2 aromatic rings. The van der Waals surface area contributed by atoms with Gasteiger partial charge in [-0.3, -0.25) is 19.7 Å². The Kier molecular flexibility index (Phi) is 8.79. The third kappa shape index (κ3) is 5.79. The number of carbonyl (C=O) groups is 2. The number of Topliss-reactive ketones (excluding diaryl/α,β-unsaturated/α-hetero) is 2. The summed E-state index contributed by atoms with van der Waals surface area (Å²) in [6.07, 6.45) is 1.11. The van der Waals surface area contributed by atoms with E-state index in [1.54, 1.807) is 0 Å². The predicted molar refractivity (Wildman–Crippen MR) is 119 cm³/mol. The molecular formula is C23H25NO9. The summed E-state index contributed by atoms with van der Waals surface area (Å²) in [6, 6.07) is 5.44. The molecule has 2 aromatic carbocycles. The van der Waals surface area contributed by atoms with E-state index >= 15 is 0 Å². The van der Waals surface area contributed by atoms with Crippen LogP contribution in [0.25, 0.3) is 0 Å². The normalized spacial score (nSPS) is 10.2. The molecule has 0 aliphatic rings. The lowest BCUT2D eigenvalue weighted by atomic mass is 10.00. The van der Waals surface area contributed by atoms with Crippen LogP contribution in [0.15, 0.2) is 36.9 Å². The number of nitro benzene ring substituents is 1. The largest absolute Gasteiger partial charge is 0.493 e. The molecule has 10 heteroatoms. The number of hydrogen-bond acceptors (Lipinski definition) is 9. The molecule has 176 valence electrons. The first kappa shape index (κ1) is 25.2. The van der Waals surface area contributed by atoms with Crippen molar-refractivity contribution in [3.8, 4) is 28.7 Å². The average molecular weight is 459 g/mol. The van der Waals surface area contributed by atoms with Crippen LogP contribution in [0.4, 0.5) is 5.69 Å². The highest BCUT2D eigenvalue weighted by molar-refractivity contribution is 6.03. The van der Waals surface area contributed by atoms with Crippen molar-refractivity contribution in [3.05, 3.63) is 58.2 Å². The van der Waals surface area contributed by atoms with E-state index < -0.39 is 16.4 Å². The van der Waals surface area contributed by atoms with Gasteiger partial charge in [-0.25, -0.2) is 0 Å². The number of hydrogen-bond donors (Lipinski definition) is 0. The summed E-state index contributed by atoms with van der Waals surface area (Å²) in [4.78, 5) is 36.3. The van der Waals surface area contributed by atoms with Gasteiger partial charge in [-0.1, -0.05) is 12.7 Å². The Hall–Kier alpha value is -4.08. The molecule has 0 aromatic heterocycles. The maximum atomic E-state index is 12.7. The van der Waals surface area contributed by atoms with Crippen molar-refractivity contribution in [1.82, 2.24) is 0 Å². The Balaban J connectivity index is 2.27. The molecule has 0 bridgehead atoms. The van der Waals surface area contributed by atoms with E-state index in [4.69, 9.17) is 23.7 Å². The lowest BCUT2D eigenvalue weighted by Gasteiger charge is -2.14. The van der Waals surface area contributed by atoms with Crippen molar-refractivity contribution >= 4 is 17.3 Å². The molecule has 0 heterocycles. The first-order valence-corrected chi connectivity index (χ1v) is 9.77. The van der Waals surface area contributed by atoms with Crippen LogP contribution in [0.2, 0.25) is 0 Å². The second kappa shape index (κ2) is 11.5. The number of nitrogens with zero attached hydrogens (tertiary/aromatic N) is 1. The topological polar surface area (TPSA) is 123 Å². The van der Waals surface area contributed by atoms with Gasteiger partial charge >= 0.3 is 5.69 Å². The van der Waals surface area contributed by atoms with Gasteiger partial charge in [-0.15, -0.1) is 0 Å². The van der Waals surface area contributed by atoms with Crippen LogP contribution in [-0.4, -0.2) is 51.5 Å². The van der Waals surface area contributed by atoms with Crippen LogP contribution in [0.1, 0.15) is 33.6 Å². The zero-order valence-corrected chi connectivity index (χ0v) is 18.8. The van der Waals surface area contributed by atoms with Crippen LogP contribution >= 0.6 is 0 Å². The minimum Gasteiger partial charge on any atom is -0.493 e. The number of benzene rings is 2. The summed E-state index contributed by atoms with van der Waals surface area (Å²) in [5, 5.41) is 11.5. The zero-order chi connectivity index (χ0) is 24.5. The van der Waals surface area contributed by atoms with Gasteiger partial charge in [0.1, 0.15) is 6.61 Å². The molecule has 0 atom stereocenters. The van der Waals surface area contributed by atoms with Gasteiger partial charge in [0.2, 0.25) is 11.5 Å². The van der Waals surface area contributed by atoms with E-state index in [1.807, 2.05) is 0 Å². The van der Waals surface area contributed by atoms with Gasteiger partial charge in [0.25, 0.3) is 0 Å². The smallest absolute Gasteiger partial charge is 0.315 e. The van der Waals surface area contributed by atoms with Crippen molar-refractivity contribution < 1.29 is 38.2 Å². The Morgan fingerprint density at radius 1 is 0.848 bits per heavy atom. The maximum absolute atomic E-state index is 12.7. The summed E-state index contributed by atoms with van der Waals surface area (Å²) in [5.74, 6) is 0.0788. The lowest BCUT2D eigenvalue weighted by molar-refractivity contribution is -0.385. The van der Waals surface area contributed by atoms with Crippen LogP contribution in [0, 0.1) is 10.1 Å². The molecule has 0 amide bonds. The molecule has 2 rings (SSSR count). The summed E-state index contributed by atoms with van der Waals surface area (Å²) >= 11 is 0. The maximum Gasteiger partial charge on any atom is 0.315 e. The second-order valence-electron chi connectivity index (χ2n) is 6.64. The molecule has 0 radical (unpaired) electrons. The number of nitro groups is 1. The Labute approximate surface area is 190 Å². The Bertz CT molecular complexity index is 1040. The van der Waals surface area contributed by atoms with Gasteiger partial charge in [-0.05, 0) is 18.2 Å². The highest BCUT2D eigenvalue weighted by atomic mass is 16.6. The zero-order valence-electron chi connectivity index (χ0n) is 18.8. The molecule has 0 fully saturated rings. The third-order valence-corrected chi connectivity index (χ3v) is 4.69. The minimum atomic E-state index is -0.668. The predicted octanol–water partition coefficient (Wildman–Crippen LogP) is 4.04. The number of rotatable bonds is 13. The first-order chi connectivity index (χ1) is 15.8. The van der Waals surface area contributed by atoms with E-state index in [9.17, 15) is 19.7 Å². The molecular weight excluding hydrogens is 434 g/mol. The van der Waals surface area contributed by atoms with Crippen LogP contribution in [0.5, 0.6) is 28.7 Å². The summed E-state index contributed by atoms with van der Waals surface area (Å²) in [5.41, 5.74) is -0.119. The monoisotopic (exact) mass is 459 g/mol. The lowest BCUT2D eigenvalue weighted by Crippen LogP contribution is -2.08. The highest BCUT2D eigenvalue weighted by Gasteiger charge is 2.25. The highest BCUT2D eigenvalue weighted by Crippen LogP contribution is 2.40. The third-order valence-electron chi connectivity index (χ3n) is 4.69. The van der Waals surface area contributed by atoms with Crippen LogP contribution in [-0.2, 0) is 0 Å². The number of carbonyl (C=O) groups excluding carboxylic acids is 2. The molecule has 33 heavy (non-hydrogen) atoms. The summed E-state index contributed by atoms with van der Waals surface area (Å²) in [7, 11) is 5.61. The fraction of sp³-hybridized carbons (Fsp3) is 0.304. The van der Waals surface area contributed by atoms with Gasteiger partial charge < -0.3 is 23.7 Å². The minimum absolute atomic E-state index is 0.0216. The molecule has 0 saturated carbocycles. The van der Waals surface area contributed by atoms with Gasteiger partial charge in [0, 0.05) is 30.0 Å². The van der Waals surface area contributed by atoms with Crippen molar-refractivity contribution in [2.24, 2.45) is 0 Å². The van der Waals surface area contributed by atoms with Crippen molar-refractivity contribution in [2.75, 3.05) is 35.0 Å². The molecule has 0 unspecified atom stereocenters. The van der Waals surface area contributed by atoms with Gasteiger partial charge in [0.05, 0.1) is 33.4 Å². The standard InChI is InChI=1S/C23H25NO9/c1-6-9-33-22-16(24(27)28)10-14(11-19(22)29-2)17(25)7-8-18(26)15-12-20(30-3)23(32-5)21(13-15)31-4/h6,10-13H,1,7-9H2,2-5H3. The quantitative estimate of drug-likeness (QED) is 0.189. The van der Waals surface area contributed by atoms with E-state index in [0.29, 0.717) is 17.2 Å². The number of methoxy groups -OCH3 is 4. The van der Waals surface area contributed by atoms with Crippen molar-refractivity contribution in [3.63, 3.8) is 0 Å². The molecule has 0 saturated heterocycles. The van der Waals surface area contributed by atoms with E-state index in [2.05, 4.69) is 6.58 Å². The average Bonchev–Trinajstić information content (AvgIpc) is 2.83. The molecule has 0 aliphatic carbocycles. The van der Waals surface area contributed by atoms with E-state index in [-0.39, 0.29) is 47.9 Å². The van der Waals surface area contributed by atoms with E-state index in [0.717, 1.165) is 6.07 Å². The van der Waals surface area contributed by atoms with E-state index in [1.165, 1.54) is 52.7 Å². The first-order valence-electron chi connectivity index (χ1n) is 9.77. The Morgan fingerprint density at radius 2 is 1.30 bits per heavy atom.